The number of rotatable bonds is 6. The van der Waals surface area contributed by atoms with Gasteiger partial charge >= 0.3 is 0 Å². The molecule has 0 heterocycles. The average molecular weight is 429 g/mol. The van der Waals surface area contributed by atoms with Crippen molar-refractivity contribution in [3.8, 4) is 0 Å². The van der Waals surface area contributed by atoms with Crippen LogP contribution >= 0.6 is 11.6 Å². The van der Waals surface area contributed by atoms with Crippen LogP contribution in [0.25, 0.3) is 0 Å². The Morgan fingerprint density at radius 1 is 0.966 bits per heavy atom. The summed E-state index contributed by atoms with van der Waals surface area (Å²) >= 11 is 5.83. The first-order valence-electron chi connectivity index (χ1n) is 8.95. The van der Waals surface area contributed by atoms with E-state index in [1.165, 1.54) is 23.5 Å². The molecule has 1 amide bonds. The van der Waals surface area contributed by atoms with Gasteiger partial charge in [-0.25, -0.2) is 8.42 Å². The lowest BCUT2D eigenvalue weighted by Gasteiger charge is -2.17. The molecule has 5 nitrogen and oxygen atoms in total. The first-order valence-corrected chi connectivity index (χ1v) is 10.8. The monoisotopic (exact) mass is 428 g/mol. The van der Waals surface area contributed by atoms with Crippen LogP contribution in [-0.4, -0.2) is 25.7 Å². The topological polar surface area (TPSA) is 66.5 Å². The molecule has 150 valence electrons. The standard InChI is InChI=1S/C22H21ClN2O3S/c1-16-5-3-4-6-21(16)24-22(26)18-9-7-17(8-10-18)15-25(2)29(27,28)20-13-11-19(23)12-14-20/h3-14H,15H2,1-2H3,(H,24,26). The molecule has 0 bridgehead atoms. The number of amides is 1. The van der Waals surface area contributed by atoms with Gasteiger partial charge in [-0.15, -0.1) is 0 Å². The SMILES string of the molecule is Cc1ccccc1NC(=O)c1ccc(CN(C)S(=O)(=O)c2ccc(Cl)cc2)cc1. The smallest absolute Gasteiger partial charge is 0.255 e. The fourth-order valence-corrected chi connectivity index (χ4v) is 4.08. The predicted molar refractivity (Wildman–Crippen MR) is 116 cm³/mol. The lowest BCUT2D eigenvalue weighted by molar-refractivity contribution is 0.102. The molecule has 0 unspecified atom stereocenters. The summed E-state index contributed by atoms with van der Waals surface area (Å²) in [6.07, 6.45) is 0. The van der Waals surface area contributed by atoms with Crippen molar-refractivity contribution in [2.75, 3.05) is 12.4 Å². The fraction of sp³-hybridized carbons (Fsp3) is 0.136. The second-order valence-electron chi connectivity index (χ2n) is 6.68. The molecule has 29 heavy (non-hydrogen) atoms. The molecule has 0 atom stereocenters. The number of carbonyl (C=O) groups excluding carboxylic acids is 1. The van der Waals surface area contributed by atoms with Crippen molar-refractivity contribution in [1.29, 1.82) is 0 Å². The number of anilines is 1. The summed E-state index contributed by atoms with van der Waals surface area (Å²) < 4.78 is 26.6. The van der Waals surface area contributed by atoms with Crippen LogP contribution in [0.2, 0.25) is 5.02 Å². The third-order valence-corrected chi connectivity index (χ3v) is 6.61. The molecule has 0 saturated carbocycles. The summed E-state index contributed by atoms with van der Waals surface area (Å²) in [5, 5.41) is 3.36. The quantitative estimate of drug-likeness (QED) is 0.617. The zero-order chi connectivity index (χ0) is 21.0. The first-order chi connectivity index (χ1) is 13.8. The van der Waals surface area contributed by atoms with E-state index in [2.05, 4.69) is 5.32 Å². The van der Waals surface area contributed by atoms with Crippen LogP contribution in [0.5, 0.6) is 0 Å². The summed E-state index contributed by atoms with van der Waals surface area (Å²) in [7, 11) is -2.11. The molecule has 0 spiro atoms. The number of para-hydroxylation sites is 1. The maximum absolute atomic E-state index is 12.7. The summed E-state index contributed by atoms with van der Waals surface area (Å²) in [5.74, 6) is -0.215. The molecule has 1 N–H and O–H groups in total. The Hall–Kier alpha value is -2.67. The Morgan fingerprint density at radius 2 is 1.59 bits per heavy atom. The van der Waals surface area contributed by atoms with Gasteiger partial charge in [-0.2, -0.15) is 4.31 Å². The highest BCUT2D eigenvalue weighted by Crippen LogP contribution is 2.20. The van der Waals surface area contributed by atoms with Gasteiger partial charge < -0.3 is 5.32 Å². The van der Waals surface area contributed by atoms with E-state index in [9.17, 15) is 13.2 Å². The highest BCUT2D eigenvalue weighted by molar-refractivity contribution is 7.89. The molecule has 0 aliphatic heterocycles. The second-order valence-corrected chi connectivity index (χ2v) is 9.16. The van der Waals surface area contributed by atoms with Crippen molar-refractivity contribution in [2.45, 2.75) is 18.4 Å². The Labute approximate surface area is 176 Å². The number of hydrogen-bond donors (Lipinski definition) is 1. The largest absolute Gasteiger partial charge is 0.322 e. The van der Waals surface area contributed by atoms with Crippen molar-refractivity contribution in [2.24, 2.45) is 0 Å². The van der Waals surface area contributed by atoms with Crippen LogP contribution in [0.15, 0.2) is 77.7 Å². The van der Waals surface area contributed by atoms with Gasteiger partial charge in [-0.3, -0.25) is 4.79 Å². The molecule has 7 heteroatoms. The number of hydrogen-bond acceptors (Lipinski definition) is 3. The predicted octanol–water partition coefficient (Wildman–Crippen LogP) is 4.72. The minimum absolute atomic E-state index is 0.179. The van der Waals surface area contributed by atoms with Crippen LogP contribution < -0.4 is 5.32 Å². The van der Waals surface area contributed by atoms with Crippen molar-refractivity contribution in [1.82, 2.24) is 4.31 Å². The summed E-state index contributed by atoms with van der Waals surface area (Å²) in [6, 6.07) is 20.5. The first kappa shape index (κ1) is 21.0. The maximum Gasteiger partial charge on any atom is 0.255 e. The molecule has 3 aromatic carbocycles. The fourth-order valence-electron chi connectivity index (χ4n) is 2.80. The normalized spacial score (nSPS) is 11.4. The Morgan fingerprint density at radius 3 is 2.21 bits per heavy atom. The molecule has 3 aromatic rings. The number of halogens is 1. The molecule has 3 rings (SSSR count). The van der Waals surface area contributed by atoms with Gasteiger partial charge in [0.05, 0.1) is 4.90 Å². The van der Waals surface area contributed by atoms with E-state index in [0.717, 1.165) is 16.8 Å². The van der Waals surface area contributed by atoms with Gasteiger partial charge in [0.1, 0.15) is 0 Å². The van der Waals surface area contributed by atoms with Gasteiger partial charge in [0.25, 0.3) is 5.91 Å². The molecule has 0 fully saturated rings. The van der Waals surface area contributed by atoms with Crippen LogP contribution in [0, 0.1) is 6.92 Å². The Bertz CT molecular complexity index is 1110. The number of aryl methyl sites for hydroxylation is 1. The zero-order valence-corrected chi connectivity index (χ0v) is 17.7. The zero-order valence-electron chi connectivity index (χ0n) is 16.1. The van der Waals surface area contributed by atoms with Gasteiger partial charge in [-0.05, 0) is 60.5 Å². The number of benzene rings is 3. The van der Waals surface area contributed by atoms with Gasteiger partial charge in [0, 0.05) is 29.9 Å². The maximum atomic E-state index is 12.7. The van der Waals surface area contributed by atoms with Crippen LogP contribution in [0.4, 0.5) is 5.69 Å². The third kappa shape index (κ3) is 5.03. The van der Waals surface area contributed by atoms with E-state index in [0.29, 0.717) is 10.6 Å². The molecule has 0 aromatic heterocycles. The van der Waals surface area contributed by atoms with Crippen molar-refractivity contribution in [3.63, 3.8) is 0 Å². The minimum atomic E-state index is -3.63. The number of sulfonamides is 1. The number of carbonyl (C=O) groups is 1. The van der Waals surface area contributed by atoms with Crippen molar-refractivity contribution < 1.29 is 13.2 Å². The van der Waals surface area contributed by atoms with Gasteiger partial charge in [0.15, 0.2) is 0 Å². The summed E-state index contributed by atoms with van der Waals surface area (Å²) in [5.41, 5.74) is 3.01. The van der Waals surface area contributed by atoms with Crippen LogP contribution in [-0.2, 0) is 16.6 Å². The molecule has 0 saturated heterocycles. The lowest BCUT2D eigenvalue weighted by Crippen LogP contribution is -2.26. The lowest BCUT2D eigenvalue weighted by atomic mass is 10.1. The Balaban J connectivity index is 1.69. The van der Waals surface area contributed by atoms with Gasteiger partial charge in [0.2, 0.25) is 10.0 Å². The van der Waals surface area contributed by atoms with E-state index >= 15 is 0 Å². The van der Waals surface area contributed by atoms with E-state index in [1.807, 2.05) is 31.2 Å². The van der Waals surface area contributed by atoms with Crippen LogP contribution in [0.3, 0.4) is 0 Å². The average Bonchev–Trinajstić information content (AvgIpc) is 2.70. The van der Waals surface area contributed by atoms with E-state index < -0.39 is 10.0 Å². The molecule has 0 aliphatic rings. The highest BCUT2D eigenvalue weighted by Gasteiger charge is 2.21. The second kappa shape index (κ2) is 8.78. The number of nitrogens with zero attached hydrogens (tertiary/aromatic N) is 1. The third-order valence-electron chi connectivity index (χ3n) is 4.54. The van der Waals surface area contributed by atoms with Crippen molar-refractivity contribution >= 4 is 33.2 Å². The number of nitrogens with one attached hydrogen (secondary N) is 1. The Kier molecular flexibility index (Phi) is 6.37. The highest BCUT2D eigenvalue weighted by atomic mass is 35.5. The summed E-state index contributed by atoms with van der Waals surface area (Å²) in [6.45, 7) is 2.11. The molecule has 0 aliphatic carbocycles. The van der Waals surface area contributed by atoms with E-state index in [4.69, 9.17) is 11.6 Å². The van der Waals surface area contributed by atoms with E-state index in [-0.39, 0.29) is 17.3 Å². The van der Waals surface area contributed by atoms with Crippen LogP contribution in [0.1, 0.15) is 21.5 Å². The minimum Gasteiger partial charge on any atom is -0.322 e. The molecular weight excluding hydrogens is 408 g/mol. The van der Waals surface area contributed by atoms with Crippen molar-refractivity contribution in [3.05, 3.63) is 94.5 Å². The van der Waals surface area contributed by atoms with Gasteiger partial charge in [-0.1, -0.05) is 41.9 Å². The molecule has 0 radical (unpaired) electrons. The van der Waals surface area contributed by atoms with E-state index in [1.54, 1.807) is 36.4 Å². The summed E-state index contributed by atoms with van der Waals surface area (Å²) in [4.78, 5) is 12.6. The molecular formula is C22H21ClN2O3S.